The molecule has 2 fully saturated rings. The predicted molar refractivity (Wildman–Crippen MR) is 88.1 cm³/mol. The Balaban J connectivity index is 1.70. The Bertz CT molecular complexity index is 498. The lowest BCUT2D eigenvalue weighted by Gasteiger charge is -2.46. The SMILES string of the molecule is COc1ccccc1CN1CC[C@@](C)(O)[C@H](N2CCCC2)C1. The van der Waals surface area contributed by atoms with Crippen molar-refractivity contribution in [3.05, 3.63) is 29.8 Å². The van der Waals surface area contributed by atoms with Gasteiger partial charge in [0.2, 0.25) is 0 Å². The number of methoxy groups -OCH3 is 1. The van der Waals surface area contributed by atoms with Gasteiger partial charge in [-0.15, -0.1) is 0 Å². The third kappa shape index (κ3) is 3.29. The van der Waals surface area contributed by atoms with Crippen LogP contribution in [0.3, 0.4) is 0 Å². The first-order valence-corrected chi connectivity index (χ1v) is 8.41. The molecule has 0 aliphatic carbocycles. The number of aliphatic hydroxyl groups is 1. The summed E-state index contributed by atoms with van der Waals surface area (Å²) in [5.74, 6) is 0.956. The summed E-state index contributed by atoms with van der Waals surface area (Å²) in [6.07, 6.45) is 3.36. The van der Waals surface area contributed by atoms with Crippen LogP contribution in [0.25, 0.3) is 0 Å². The minimum atomic E-state index is -0.568. The zero-order valence-electron chi connectivity index (χ0n) is 13.8. The van der Waals surface area contributed by atoms with Gasteiger partial charge in [0, 0.05) is 25.2 Å². The topological polar surface area (TPSA) is 35.9 Å². The van der Waals surface area contributed by atoms with E-state index in [9.17, 15) is 5.11 Å². The van der Waals surface area contributed by atoms with Gasteiger partial charge in [0.15, 0.2) is 0 Å². The van der Waals surface area contributed by atoms with Crippen LogP contribution < -0.4 is 4.74 Å². The second-order valence-corrected chi connectivity index (χ2v) is 6.91. The van der Waals surface area contributed by atoms with Gasteiger partial charge >= 0.3 is 0 Å². The first-order chi connectivity index (χ1) is 10.6. The van der Waals surface area contributed by atoms with Crippen molar-refractivity contribution in [2.75, 3.05) is 33.3 Å². The fourth-order valence-electron chi connectivity index (χ4n) is 3.86. The summed E-state index contributed by atoms with van der Waals surface area (Å²) in [4.78, 5) is 4.94. The van der Waals surface area contributed by atoms with Crippen LogP contribution in [0.5, 0.6) is 5.75 Å². The second-order valence-electron chi connectivity index (χ2n) is 6.91. The number of hydrogen-bond donors (Lipinski definition) is 1. The highest BCUT2D eigenvalue weighted by molar-refractivity contribution is 5.33. The summed E-state index contributed by atoms with van der Waals surface area (Å²) in [5, 5.41) is 10.8. The molecule has 2 saturated heterocycles. The summed E-state index contributed by atoms with van der Waals surface area (Å²) in [5.41, 5.74) is 0.661. The highest BCUT2D eigenvalue weighted by Gasteiger charge is 2.41. The molecule has 122 valence electrons. The molecule has 2 aliphatic rings. The second kappa shape index (κ2) is 6.57. The summed E-state index contributed by atoms with van der Waals surface area (Å²) in [6, 6.07) is 8.48. The van der Waals surface area contributed by atoms with Crippen molar-refractivity contribution in [1.82, 2.24) is 9.80 Å². The van der Waals surface area contributed by atoms with Crippen LogP contribution in [0.2, 0.25) is 0 Å². The molecule has 1 aromatic rings. The molecule has 0 amide bonds. The molecular formula is C18H28N2O2. The van der Waals surface area contributed by atoms with Gasteiger partial charge in [0.25, 0.3) is 0 Å². The molecule has 2 heterocycles. The molecule has 4 heteroatoms. The molecule has 4 nitrogen and oxygen atoms in total. The van der Waals surface area contributed by atoms with Gasteiger partial charge in [0.05, 0.1) is 18.8 Å². The molecule has 2 atom stereocenters. The molecule has 3 rings (SSSR count). The van der Waals surface area contributed by atoms with E-state index in [2.05, 4.69) is 21.9 Å². The monoisotopic (exact) mass is 304 g/mol. The van der Waals surface area contributed by atoms with Crippen molar-refractivity contribution in [2.24, 2.45) is 0 Å². The largest absolute Gasteiger partial charge is 0.496 e. The average molecular weight is 304 g/mol. The van der Waals surface area contributed by atoms with Crippen molar-refractivity contribution in [3.8, 4) is 5.75 Å². The Morgan fingerprint density at radius 1 is 1.23 bits per heavy atom. The fraction of sp³-hybridized carbons (Fsp3) is 0.667. The van der Waals surface area contributed by atoms with Crippen LogP contribution in [0.15, 0.2) is 24.3 Å². The van der Waals surface area contributed by atoms with Gasteiger partial charge in [-0.3, -0.25) is 9.80 Å². The number of piperidine rings is 1. The predicted octanol–water partition coefficient (Wildman–Crippen LogP) is 2.12. The third-order valence-electron chi connectivity index (χ3n) is 5.25. The van der Waals surface area contributed by atoms with Gasteiger partial charge in [0.1, 0.15) is 5.75 Å². The van der Waals surface area contributed by atoms with E-state index in [4.69, 9.17) is 4.74 Å². The molecule has 1 aromatic carbocycles. The zero-order chi connectivity index (χ0) is 15.6. The van der Waals surface area contributed by atoms with E-state index in [0.717, 1.165) is 44.9 Å². The lowest BCUT2D eigenvalue weighted by atomic mass is 9.87. The third-order valence-corrected chi connectivity index (χ3v) is 5.25. The van der Waals surface area contributed by atoms with Crippen LogP contribution in [-0.4, -0.2) is 59.8 Å². The summed E-state index contributed by atoms with van der Waals surface area (Å²) in [6.45, 7) is 7.04. The van der Waals surface area contributed by atoms with Crippen molar-refractivity contribution >= 4 is 0 Å². The first kappa shape index (κ1) is 15.8. The minimum Gasteiger partial charge on any atom is -0.496 e. The molecule has 0 spiro atoms. The molecule has 0 radical (unpaired) electrons. The number of rotatable bonds is 4. The van der Waals surface area contributed by atoms with Crippen LogP contribution in [0.4, 0.5) is 0 Å². The summed E-state index contributed by atoms with van der Waals surface area (Å²) < 4.78 is 5.47. The van der Waals surface area contributed by atoms with Crippen LogP contribution >= 0.6 is 0 Å². The lowest BCUT2D eigenvalue weighted by molar-refractivity contribution is -0.0776. The van der Waals surface area contributed by atoms with Crippen molar-refractivity contribution in [3.63, 3.8) is 0 Å². The number of benzene rings is 1. The van der Waals surface area contributed by atoms with E-state index in [1.807, 2.05) is 19.1 Å². The Labute approximate surface area is 133 Å². The maximum Gasteiger partial charge on any atom is 0.123 e. The van der Waals surface area contributed by atoms with Gasteiger partial charge in [-0.25, -0.2) is 0 Å². The maximum atomic E-state index is 10.8. The average Bonchev–Trinajstić information content (AvgIpc) is 3.03. The van der Waals surface area contributed by atoms with Gasteiger partial charge in [-0.1, -0.05) is 18.2 Å². The molecule has 0 aromatic heterocycles. The van der Waals surface area contributed by atoms with Crippen molar-refractivity contribution < 1.29 is 9.84 Å². The van der Waals surface area contributed by atoms with Crippen LogP contribution in [-0.2, 0) is 6.54 Å². The normalized spacial score (nSPS) is 30.6. The standard InChI is InChI=1S/C18H28N2O2/c1-18(21)9-12-19(14-17(18)20-10-5-6-11-20)13-15-7-3-4-8-16(15)22-2/h3-4,7-8,17,21H,5-6,9-14H2,1-2H3/t17-,18-/m1/s1. The molecule has 0 saturated carbocycles. The number of para-hydroxylation sites is 1. The molecular weight excluding hydrogens is 276 g/mol. The van der Waals surface area contributed by atoms with Gasteiger partial charge in [-0.2, -0.15) is 0 Å². The van der Waals surface area contributed by atoms with E-state index in [1.54, 1.807) is 7.11 Å². The van der Waals surface area contributed by atoms with Gasteiger partial charge in [-0.05, 0) is 45.3 Å². The smallest absolute Gasteiger partial charge is 0.123 e. The molecule has 0 bridgehead atoms. The van der Waals surface area contributed by atoms with Crippen LogP contribution in [0, 0.1) is 0 Å². The van der Waals surface area contributed by atoms with E-state index in [0.29, 0.717) is 0 Å². The van der Waals surface area contributed by atoms with Crippen molar-refractivity contribution in [2.45, 2.75) is 44.4 Å². The van der Waals surface area contributed by atoms with E-state index in [1.165, 1.54) is 18.4 Å². The number of ether oxygens (including phenoxy) is 1. The Kier molecular flexibility index (Phi) is 4.71. The van der Waals surface area contributed by atoms with E-state index >= 15 is 0 Å². The van der Waals surface area contributed by atoms with Crippen LogP contribution in [0.1, 0.15) is 31.7 Å². The zero-order valence-corrected chi connectivity index (χ0v) is 13.8. The first-order valence-electron chi connectivity index (χ1n) is 8.41. The fourth-order valence-corrected chi connectivity index (χ4v) is 3.86. The Morgan fingerprint density at radius 2 is 1.95 bits per heavy atom. The quantitative estimate of drug-likeness (QED) is 0.924. The minimum absolute atomic E-state index is 0.249. The van der Waals surface area contributed by atoms with E-state index < -0.39 is 5.60 Å². The maximum absolute atomic E-state index is 10.8. The number of likely N-dealkylation sites (tertiary alicyclic amines) is 2. The Hall–Kier alpha value is -1.10. The Morgan fingerprint density at radius 3 is 2.68 bits per heavy atom. The molecule has 2 aliphatic heterocycles. The summed E-state index contributed by atoms with van der Waals surface area (Å²) in [7, 11) is 1.73. The van der Waals surface area contributed by atoms with E-state index in [-0.39, 0.29) is 6.04 Å². The summed E-state index contributed by atoms with van der Waals surface area (Å²) >= 11 is 0. The van der Waals surface area contributed by atoms with Crippen molar-refractivity contribution in [1.29, 1.82) is 0 Å². The molecule has 0 unspecified atom stereocenters. The van der Waals surface area contributed by atoms with Gasteiger partial charge < -0.3 is 9.84 Å². The lowest BCUT2D eigenvalue weighted by Crippen LogP contribution is -2.60. The highest BCUT2D eigenvalue weighted by Crippen LogP contribution is 2.30. The molecule has 1 N–H and O–H groups in total. The highest BCUT2D eigenvalue weighted by atomic mass is 16.5. The number of nitrogens with zero attached hydrogens (tertiary/aromatic N) is 2. The number of hydrogen-bond acceptors (Lipinski definition) is 4. The molecule has 22 heavy (non-hydrogen) atoms.